The van der Waals surface area contributed by atoms with Crippen molar-refractivity contribution in [3.63, 3.8) is 0 Å². The van der Waals surface area contributed by atoms with Gasteiger partial charge in [0.25, 0.3) is 0 Å². The van der Waals surface area contributed by atoms with Crippen molar-refractivity contribution in [2.24, 2.45) is 11.8 Å². The van der Waals surface area contributed by atoms with Gasteiger partial charge in [-0.05, 0) is 48.8 Å². The van der Waals surface area contributed by atoms with Gasteiger partial charge in [-0.3, -0.25) is 0 Å². The van der Waals surface area contributed by atoms with Crippen LogP contribution in [0.5, 0.6) is 0 Å². The highest BCUT2D eigenvalue weighted by Crippen LogP contribution is 2.43. The molecule has 86 valence electrons. The molecule has 2 fully saturated rings. The van der Waals surface area contributed by atoms with E-state index in [0.717, 1.165) is 22.9 Å². The summed E-state index contributed by atoms with van der Waals surface area (Å²) in [5.41, 5.74) is 1.41. The third-order valence-electron chi connectivity index (χ3n) is 3.83. The summed E-state index contributed by atoms with van der Waals surface area (Å²) in [5, 5.41) is 4.63. The normalized spacial score (nSPS) is 30.1. The average Bonchev–Trinajstić information content (AvgIpc) is 3.14. The highest BCUT2D eigenvalue weighted by molar-refractivity contribution is 6.30. The molecule has 0 amide bonds. The Morgan fingerprint density at radius 1 is 1.25 bits per heavy atom. The van der Waals surface area contributed by atoms with Crippen molar-refractivity contribution in [1.82, 2.24) is 5.32 Å². The molecule has 0 radical (unpaired) electrons. The van der Waals surface area contributed by atoms with E-state index in [-0.39, 0.29) is 0 Å². The molecule has 1 N–H and O–H groups in total. The Morgan fingerprint density at radius 2 is 1.88 bits per heavy atom. The lowest BCUT2D eigenvalue weighted by Gasteiger charge is -2.19. The lowest BCUT2D eigenvalue weighted by Crippen LogP contribution is -2.26. The maximum atomic E-state index is 5.93. The van der Waals surface area contributed by atoms with Gasteiger partial charge >= 0.3 is 0 Å². The molecule has 3 rings (SSSR count). The number of halogens is 1. The van der Waals surface area contributed by atoms with Gasteiger partial charge in [0.2, 0.25) is 0 Å². The molecular weight excluding hydrogens is 218 g/mol. The summed E-state index contributed by atoms with van der Waals surface area (Å²) in [7, 11) is 0. The Labute approximate surface area is 102 Å². The van der Waals surface area contributed by atoms with Gasteiger partial charge in [0.15, 0.2) is 0 Å². The van der Waals surface area contributed by atoms with Crippen LogP contribution < -0.4 is 5.32 Å². The fraction of sp³-hybridized carbons (Fsp3) is 0.571. The van der Waals surface area contributed by atoms with E-state index in [1.807, 2.05) is 12.1 Å². The van der Waals surface area contributed by atoms with Crippen LogP contribution in [0.15, 0.2) is 24.3 Å². The predicted molar refractivity (Wildman–Crippen MR) is 67.6 cm³/mol. The number of nitrogens with one attached hydrogen (secondary N) is 1. The van der Waals surface area contributed by atoms with Gasteiger partial charge < -0.3 is 5.32 Å². The van der Waals surface area contributed by atoms with Crippen molar-refractivity contribution in [2.45, 2.75) is 38.3 Å². The fourth-order valence-corrected chi connectivity index (χ4v) is 2.52. The molecule has 2 saturated carbocycles. The number of benzene rings is 1. The molecule has 0 bridgehead atoms. The minimum absolute atomic E-state index is 0.562. The summed E-state index contributed by atoms with van der Waals surface area (Å²) < 4.78 is 0. The van der Waals surface area contributed by atoms with Crippen LogP contribution in [0.4, 0.5) is 0 Å². The standard InChI is InChI=1S/C14H18ClN/c1-9-8-13(9)16-14(10-2-3-10)11-4-6-12(15)7-5-11/h4-7,9-10,13-14,16H,2-3,8H2,1H3. The second-order valence-electron chi connectivity index (χ2n) is 5.35. The Bertz CT molecular complexity index is 369. The first-order valence-corrected chi connectivity index (χ1v) is 6.63. The van der Waals surface area contributed by atoms with E-state index in [0.29, 0.717) is 6.04 Å². The number of rotatable bonds is 4. The minimum Gasteiger partial charge on any atom is -0.307 e. The molecule has 1 nitrogen and oxygen atoms in total. The van der Waals surface area contributed by atoms with E-state index >= 15 is 0 Å². The van der Waals surface area contributed by atoms with Gasteiger partial charge in [-0.1, -0.05) is 30.7 Å². The minimum atomic E-state index is 0.562. The van der Waals surface area contributed by atoms with Gasteiger partial charge in [-0.2, -0.15) is 0 Å². The second-order valence-corrected chi connectivity index (χ2v) is 5.79. The first-order valence-electron chi connectivity index (χ1n) is 6.25. The van der Waals surface area contributed by atoms with Gasteiger partial charge in [-0.15, -0.1) is 0 Å². The molecular formula is C14H18ClN. The van der Waals surface area contributed by atoms with E-state index in [4.69, 9.17) is 11.6 Å². The molecule has 0 saturated heterocycles. The summed E-state index contributed by atoms with van der Waals surface area (Å²) in [4.78, 5) is 0. The SMILES string of the molecule is CC1CC1NC(c1ccc(Cl)cc1)C1CC1. The van der Waals surface area contributed by atoms with Crippen LogP contribution in [0, 0.1) is 11.8 Å². The lowest BCUT2D eigenvalue weighted by molar-refractivity contribution is 0.467. The third kappa shape index (κ3) is 2.26. The topological polar surface area (TPSA) is 12.0 Å². The average molecular weight is 236 g/mol. The molecule has 1 aromatic carbocycles. The van der Waals surface area contributed by atoms with Gasteiger partial charge in [-0.25, -0.2) is 0 Å². The zero-order valence-corrected chi connectivity index (χ0v) is 10.4. The van der Waals surface area contributed by atoms with Crippen molar-refractivity contribution < 1.29 is 0 Å². The van der Waals surface area contributed by atoms with Crippen LogP contribution in [-0.4, -0.2) is 6.04 Å². The number of hydrogen-bond donors (Lipinski definition) is 1. The summed E-state index contributed by atoms with van der Waals surface area (Å²) in [6.07, 6.45) is 4.10. The third-order valence-corrected chi connectivity index (χ3v) is 4.08. The Hall–Kier alpha value is -0.530. The highest BCUT2D eigenvalue weighted by atomic mass is 35.5. The zero-order valence-electron chi connectivity index (χ0n) is 9.62. The van der Waals surface area contributed by atoms with E-state index in [9.17, 15) is 0 Å². The fourth-order valence-electron chi connectivity index (χ4n) is 2.39. The molecule has 0 aliphatic heterocycles. The van der Waals surface area contributed by atoms with Gasteiger partial charge in [0.05, 0.1) is 0 Å². The number of hydrogen-bond acceptors (Lipinski definition) is 1. The van der Waals surface area contributed by atoms with Gasteiger partial charge in [0.1, 0.15) is 0 Å². The predicted octanol–water partition coefficient (Wildman–Crippen LogP) is 3.79. The Balaban J connectivity index is 1.74. The molecule has 2 aliphatic rings. The van der Waals surface area contributed by atoms with Crippen molar-refractivity contribution in [1.29, 1.82) is 0 Å². The van der Waals surface area contributed by atoms with E-state index < -0.39 is 0 Å². The molecule has 2 heteroatoms. The smallest absolute Gasteiger partial charge is 0.0406 e. The van der Waals surface area contributed by atoms with Crippen LogP contribution in [0.3, 0.4) is 0 Å². The molecule has 3 atom stereocenters. The molecule has 0 spiro atoms. The van der Waals surface area contributed by atoms with Crippen LogP contribution in [-0.2, 0) is 0 Å². The van der Waals surface area contributed by atoms with Crippen molar-refractivity contribution in [3.8, 4) is 0 Å². The van der Waals surface area contributed by atoms with Crippen LogP contribution in [0.1, 0.15) is 37.8 Å². The summed E-state index contributed by atoms with van der Waals surface area (Å²) >= 11 is 5.93. The zero-order chi connectivity index (χ0) is 11.1. The molecule has 1 aromatic rings. The van der Waals surface area contributed by atoms with Gasteiger partial charge in [0, 0.05) is 17.1 Å². The van der Waals surface area contributed by atoms with Crippen LogP contribution >= 0.6 is 11.6 Å². The summed E-state index contributed by atoms with van der Waals surface area (Å²) in [6, 6.07) is 9.67. The van der Waals surface area contributed by atoms with Crippen LogP contribution in [0.2, 0.25) is 5.02 Å². The summed E-state index contributed by atoms with van der Waals surface area (Å²) in [6.45, 7) is 2.32. The van der Waals surface area contributed by atoms with Crippen molar-refractivity contribution in [3.05, 3.63) is 34.9 Å². The van der Waals surface area contributed by atoms with E-state index in [1.165, 1.54) is 24.8 Å². The maximum absolute atomic E-state index is 5.93. The first-order chi connectivity index (χ1) is 7.74. The van der Waals surface area contributed by atoms with Crippen molar-refractivity contribution >= 4 is 11.6 Å². The molecule has 3 unspecified atom stereocenters. The second kappa shape index (κ2) is 4.05. The lowest BCUT2D eigenvalue weighted by atomic mass is 10.0. The summed E-state index contributed by atoms with van der Waals surface area (Å²) in [5.74, 6) is 1.72. The largest absolute Gasteiger partial charge is 0.307 e. The van der Waals surface area contributed by atoms with E-state index in [1.54, 1.807) is 0 Å². The Morgan fingerprint density at radius 3 is 2.38 bits per heavy atom. The Kier molecular flexibility index (Phi) is 2.68. The molecule has 2 aliphatic carbocycles. The first kappa shape index (κ1) is 10.6. The molecule has 0 heterocycles. The van der Waals surface area contributed by atoms with Crippen molar-refractivity contribution in [2.75, 3.05) is 0 Å². The maximum Gasteiger partial charge on any atom is 0.0406 e. The monoisotopic (exact) mass is 235 g/mol. The van der Waals surface area contributed by atoms with Crippen LogP contribution in [0.25, 0.3) is 0 Å². The molecule has 16 heavy (non-hydrogen) atoms. The quantitative estimate of drug-likeness (QED) is 0.838. The highest BCUT2D eigenvalue weighted by Gasteiger charge is 2.39. The molecule has 0 aromatic heterocycles. The van der Waals surface area contributed by atoms with E-state index in [2.05, 4.69) is 24.4 Å².